The van der Waals surface area contributed by atoms with Gasteiger partial charge in [-0.2, -0.15) is 0 Å². The van der Waals surface area contributed by atoms with E-state index < -0.39 is 21.6 Å². The normalized spacial score (nSPS) is 12.3. The Morgan fingerprint density at radius 2 is 1.44 bits per heavy atom. The molecule has 150 valence electrons. The quantitative estimate of drug-likeness (QED) is 0.139. The van der Waals surface area contributed by atoms with E-state index in [2.05, 4.69) is 26.8 Å². The Kier molecular flexibility index (Phi) is 12.5. The Hall–Kier alpha value is -1.03. The topological polar surface area (TPSA) is 42.2 Å². The van der Waals surface area contributed by atoms with Crippen LogP contribution in [0.25, 0.3) is 0 Å². The molecule has 0 aliphatic heterocycles. The van der Waals surface area contributed by atoms with Crippen molar-refractivity contribution in [3.63, 3.8) is 0 Å². The summed E-state index contributed by atoms with van der Waals surface area (Å²) in [4.78, 5) is 0. The summed E-state index contributed by atoms with van der Waals surface area (Å²) < 4.78 is 16.1. The van der Waals surface area contributed by atoms with Gasteiger partial charge in [0.15, 0.2) is 0 Å². The number of allylic oxidation sites excluding steroid dienone is 1. The van der Waals surface area contributed by atoms with Crippen LogP contribution in [-0.4, -0.2) is 28.7 Å². The van der Waals surface area contributed by atoms with Crippen molar-refractivity contribution >= 4 is 21.6 Å². The summed E-state index contributed by atoms with van der Waals surface area (Å²) in [5.41, 5.74) is 1.74. The van der Waals surface area contributed by atoms with Gasteiger partial charge in [-0.1, -0.05) is 0 Å². The second-order valence-corrected chi connectivity index (χ2v) is 23.2. The first kappa shape index (κ1) is 24.0. The van der Waals surface area contributed by atoms with Gasteiger partial charge in [0.25, 0.3) is 0 Å². The molecule has 27 heavy (non-hydrogen) atoms. The van der Waals surface area contributed by atoms with Gasteiger partial charge in [-0.15, -0.1) is 0 Å². The van der Waals surface area contributed by atoms with E-state index in [4.69, 9.17) is 7.42 Å². The first-order valence-electron chi connectivity index (χ1n) is 10.5. The summed E-state index contributed by atoms with van der Waals surface area (Å²) in [6.07, 6.45) is 7.85. The van der Waals surface area contributed by atoms with E-state index in [1.54, 1.807) is 7.11 Å². The number of ether oxygens (including phenoxy) is 1. The van der Waals surface area contributed by atoms with Crippen molar-refractivity contribution in [3.8, 4) is 6.07 Å². The van der Waals surface area contributed by atoms with Crippen molar-refractivity contribution in [2.75, 3.05) is 7.11 Å². The number of nitrogens with zero attached hydrogens (tertiary/aromatic N) is 1. The number of rotatable bonds is 14. The first-order valence-corrected chi connectivity index (χ1v) is 20.4. The second-order valence-electron chi connectivity index (χ2n) is 7.34. The van der Waals surface area contributed by atoms with E-state index >= 15 is 0 Å². The van der Waals surface area contributed by atoms with Gasteiger partial charge in [0.1, 0.15) is 0 Å². The number of unbranched alkanes of at least 4 members (excludes halogenated alkanes) is 3. The van der Waals surface area contributed by atoms with Crippen molar-refractivity contribution in [1.29, 1.82) is 5.26 Å². The number of nitriles is 1. The first-order chi connectivity index (χ1) is 13.1. The Balaban J connectivity index is 3.14. The molecular formula is C23H37NO2Pb. The molecule has 4 heteroatoms. The Morgan fingerprint density at radius 3 is 1.85 bits per heavy atom. The molecular weight excluding hydrogens is 529 g/mol. The molecule has 0 unspecified atom stereocenters. The molecule has 1 aromatic rings. The average Bonchev–Trinajstić information content (AvgIpc) is 2.72. The summed E-state index contributed by atoms with van der Waals surface area (Å²) >= 11 is -3.02. The second kappa shape index (κ2) is 14.0. The van der Waals surface area contributed by atoms with E-state index in [1.807, 2.05) is 30.3 Å². The van der Waals surface area contributed by atoms with Crippen molar-refractivity contribution in [2.24, 2.45) is 0 Å². The molecule has 0 spiro atoms. The van der Waals surface area contributed by atoms with E-state index in [9.17, 15) is 5.26 Å². The van der Waals surface area contributed by atoms with Gasteiger partial charge >= 0.3 is 173 Å². The van der Waals surface area contributed by atoms with E-state index in [0.29, 0.717) is 17.9 Å². The third-order valence-corrected chi connectivity index (χ3v) is 22.2. The number of methoxy groups -OCH3 is 1. The Labute approximate surface area is 172 Å². The van der Waals surface area contributed by atoms with Crippen LogP contribution in [0.2, 0.25) is 11.9 Å². The van der Waals surface area contributed by atoms with Crippen LogP contribution >= 0.6 is 0 Å². The SMILES string of the molecule is CCC[CH2][Pb]([CH2]CCC)([CH2]CCC)[O]/C(OC)=C(/C#N)Cc1ccccc1. The minimum absolute atomic E-state index is 0.506. The summed E-state index contributed by atoms with van der Waals surface area (Å²) in [5.74, 6) is 0.506. The summed E-state index contributed by atoms with van der Waals surface area (Å²) in [6, 6.07) is 12.5. The number of hydrogen-bond acceptors (Lipinski definition) is 3. The van der Waals surface area contributed by atoms with Gasteiger partial charge in [-0.3, -0.25) is 0 Å². The number of hydrogen-bond donors (Lipinski definition) is 0. The zero-order chi connectivity index (χ0) is 20.0. The molecule has 0 N–H and O–H groups in total. The molecule has 0 aliphatic rings. The zero-order valence-corrected chi connectivity index (χ0v) is 21.6. The molecule has 0 fully saturated rings. The predicted octanol–water partition coefficient (Wildman–Crippen LogP) is 6.97. The summed E-state index contributed by atoms with van der Waals surface area (Å²) in [6.45, 7) is 6.75. The molecule has 0 atom stereocenters. The minimum atomic E-state index is -3.02. The molecule has 0 bridgehead atoms. The third-order valence-electron chi connectivity index (χ3n) is 5.06. The zero-order valence-electron chi connectivity index (χ0n) is 17.7. The third kappa shape index (κ3) is 8.68. The van der Waals surface area contributed by atoms with Crippen LogP contribution in [0.5, 0.6) is 0 Å². The fourth-order valence-corrected chi connectivity index (χ4v) is 21.5. The predicted molar refractivity (Wildman–Crippen MR) is 116 cm³/mol. The molecule has 1 aromatic carbocycles. The average molecular weight is 567 g/mol. The Morgan fingerprint density at radius 1 is 0.926 bits per heavy atom. The molecule has 0 heterocycles. The van der Waals surface area contributed by atoms with Crippen LogP contribution in [0.4, 0.5) is 0 Å². The van der Waals surface area contributed by atoms with Crippen LogP contribution in [0, 0.1) is 11.3 Å². The van der Waals surface area contributed by atoms with Crippen molar-refractivity contribution in [3.05, 3.63) is 47.4 Å². The van der Waals surface area contributed by atoms with Crippen molar-refractivity contribution in [2.45, 2.75) is 77.7 Å². The van der Waals surface area contributed by atoms with E-state index in [1.165, 1.54) is 50.5 Å². The van der Waals surface area contributed by atoms with Crippen LogP contribution in [0.3, 0.4) is 0 Å². The monoisotopic (exact) mass is 567 g/mol. The summed E-state index contributed by atoms with van der Waals surface area (Å²) in [5, 5.41) is 9.77. The van der Waals surface area contributed by atoms with Crippen molar-refractivity contribution in [1.82, 2.24) is 0 Å². The number of benzene rings is 1. The fourth-order valence-electron chi connectivity index (χ4n) is 3.41. The molecule has 0 aromatic heterocycles. The molecule has 0 radical (unpaired) electrons. The molecule has 0 aliphatic carbocycles. The van der Waals surface area contributed by atoms with Crippen LogP contribution in [0.1, 0.15) is 64.9 Å². The van der Waals surface area contributed by atoms with Crippen LogP contribution < -0.4 is 0 Å². The van der Waals surface area contributed by atoms with Crippen LogP contribution in [0.15, 0.2) is 41.9 Å². The van der Waals surface area contributed by atoms with Gasteiger partial charge < -0.3 is 0 Å². The Bertz CT molecular complexity index is 570. The molecule has 3 nitrogen and oxygen atoms in total. The van der Waals surface area contributed by atoms with E-state index in [-0.39, 0.29) is 0 Å². The van der Waals surface area contributed by atoms with Gasteiger partial charge in [0.2, 0.25) is 0 Å². The van der Waals surface area contributed by atoms with Gasteiger partial charge in [0, 0.05) is 0 Å². The molecule has 0 saturated carbocycles. The van der Waals surface area contributed by atoms with Gasteiger partial charge in [-0.25, -0.2) is 0 Å². The van der Waals surface area contributed by atoms with Gasteiger partial charge in [0.05, 0.1) is 0 Å². The van der Waals surface area contributed by atoms with E-state index in [0.717, 1.165) is 5.56 Å². The van der Waals surface area contributed by atoms with Crippen molar-refractivity contribution < 1.29 is 7.42 Å². The molecule has 1 rings (SSSR count). The molecule has 0 amide bonds. The standard InChI is InChI=1S/C11H11NO2.3C4H9.Pb/c1-14-11(13)10(8-12)7-9-5-3-2-4-6-9;3*1-3-4-2;/h2-6,13H,7H2,1H3;3*1,3-4H2,2H3;/q;;;;+1/p-1/b11-10-;;;;. The maximum absolute atomic E-state index is 9.77. The molecule has 0 saturated heterocycles. The maximum atomic E-state index is 9.77. The summed E-state index contributed by atoms with van der Waals surface area (Å²) in [7, 11) is 1.65. The van der Waals surface area contributed by atoms with Gasteiger partial charge in [-0.05, 0) is 0 Å². The van der Waals surface area contributed by atoms with Crippen LogP contribution in [-0.2, 0) is 13.8 Å². The fraction of sp³-hybridized carbons (Fsp3) is 0.609.